The fraction of sp³-hybridized carbons (Fsp3) is 0.143. The monoisotopic (exact) mass is 360 g/mol. The second-order valence-electron chi connectivity index (χ2n) is 6.38. The molecule has 1 fully saturated rings. The summed E-state index contributed by atoms with van der Waals surface area (Å²) in [7, 11) is 0. The number of nitrogens with zero attached hydrogens (tertiary/aromatic N) is 2. The third-order valence-electron chi connectivity index (χ3n) is 4.55. The van der Waals surface area contributed by atoms with E-state index in [2.05, 4.69) is 10.6 Å². The van der Waals surface area contributed by atoms with E-state index in [0.29, 0.717) is 24.3 Å². The third kappa shape index (κ3) is 3.69. The number of rotatable bonds is 4. The van der Waals surface area contributed by atoms with Gasteiger partial charge in [-0.1, -0.05) is 0 Å². The number of carbonyl (C=O) groups is 2. The lowest BCUT2D eigenvalue weighted by atomic mass is 10.2. The fourth-order valence-corrected chi connectivity index (χ4v) is 3.10. The van der Waals surface area contributed by atoms with Gasteiger partial charge >= 0.3 is 6.03 Å². The highest BCUT2D eigenvalue weighted by Gasteiger charge is 2.18. The molecule has 2 heterocycles. The number of amides is 3. The second kappa shape index (κ2) is 7.37. The molecule has 136 valence electrons. The molecule has 3 amide bonds. The number of benzene rings is 2. The van der Waals surface area contributed by atoms with E-state index in [0.717, 1.165) is 17.8 Å². The van der Waals surface area contributed by atoms with Gasteiger partial charge in [-0.2, -0.15) is 0 Å². The quantitative estimate of drug-likeness (QED) is 0.746. The van der Waals surface area contributed by atoms with Crippen LogP contribution in [0.3, 0.4) is 0 Å². The molecule has 0 unspecified atom stereocenters. The molecule has 4 rings (SSSR count). The van der Waals surface area contributed by atoms with Crippen LogP contribution in [0.1, 0.15) is 16.8 Å². The lowest BCUT2D eigenvalue weighted by Crippen LogP contribution is -2.46. The van der Waals surface area contributed by atoms with Crippen molar-refractivity contribution in [2.75, 3.05) is 23.3 Å². The zero-order valence-electron chi connectivity index (χ0n) is 14.8. The van der Waals surface area contributed by atoms with Crippen molar-refractivity contribution in [3.05, 3.63) is 78.6 Å². The summed E-state index contributed by atoms with van der Waals surface area (Å²) in [5.41, 5.74) is 3.10. The Morgan fingerprint density at radius 2 is 1.59 bits per heavy atom. The van der Waals surface area contributed by atoms with Gasteiger partial charge in [-0.25, -0.2) is 4.79 Å². The molecule has 0 saturated carbocycles. The zero-order valence-corrected chi connectivity index (χ0v) is 14.8. The Kier molecular flexibility index (Phi) is 4.61. The molecule has 2 N–H and O–H groups in total. The third-order valence-corrected chi connectivity index (χ3v) is 4.55. The molecule has 2 aromatic carbocycles. The Labute approximate surface area is 157 Å². The molecule has 6 heteroatoms. The van der Waals surface area contributed by atoms with E-state index in [-0.39, 0.29) is 11.9 Å². The first-order valence-electron chi connectivity index (χ1n) is 8.91. The van der Waals surface area contributed by atoms with E-state index in [1.807, 2.05) is 65.5 Å². The molecule has 0 aliphatic carbocycles. The van der Waals surface area contributed by atoms with Crippen LogP contribution in [-0.2, 0) is 0 Å². The van der Waals surface area contributed by atoms with E-state index in [1.165, 1.54) is 0 Å². The van der Waals surface area contributed by atoms with Crippen LogP contribution in [0.4, 0.5) is 16.2 Å². The Morgan fingerprint density at radius 3 is 2.26 bits per heavy atom. The maximum absolute atomic E-state index is 12.5. The summed E-state index contributed by atoms with van der Waals surface area (Å²) < 4.78 is 1.98. The van der Waals surface area contributed by atoms with Crippen LogP contribution in [0.25, 0.3) is 5.69 Å². The lowest BCUT2D eigenvalue weighted by molar-refractivity contribution is 0.102. The summed E-state index contributed by atoms with van der Waals surface area (Å²) in [6.07, 6.45) is 4.84. The average Bonchev–Trinajstić information content (AvgIpc) is 3.24. The van der Waals surface area contributed by atoms with Crippen LogP contribution in [0, 0.1) is 0 Å². The topological polar surface area (TPSA) is 66.4 Å². The van der Waals surface area contributed by atoms with Gasteiger partial charge in [-0.3, -0.25) is 9.69 Å². The van der Waals surface area contributed by atoms with Crippen molar-refractivity contribution >= 4 is 23.3 Å². The SMILES string of the molecule is O=C(Nc1ccc(N2CCCNC2=O)cc1)c1ccc(-n2cccc2)cc1. The molecule has 0 bridgehead atoms. The predicted molar refractivity (Wildman–Crippen MR) is 106 cm³/mol. The smallest absolute Gasteiger partial charge is 0.321 e. The summed E-state index contributed by atoms with van der Waals surface area (Å²) in [6.45, 7) is 1.41. The van der Waals surface area contributed by atoms with Gasteiger partial charge in [0, 0.05) is 48.1 Å². The van der Waals surface area contributed by atoms with Crippen LogP contribution >= 0.6 is 0 Å². The van der Waals surface area contributed by atoms with Crippen molar-refractivity contribution in [1.29, 1.82) is 0 Å². The zero-order chi connectivity index (χ0) is 18.6. The summed E-state index contributed by atoms with van der Waals surface area (Å²) in [6, 6.07) is 18.6. The van der Waals surface area contributed by atoms with E-state index < -0.39 is 0 Å². The Hall–Kier alpha value is -3.54. The molecule has 1 aromatic heterocycles. The summed E-state index contributed by atoms with van der Waals surface area (Å²) in [4.78, 5) is 26.1. The summed E-state index contributed by atoms with van der Waals surface area (Å²) >= 11 is 0. The molecular weight excluding hydrogens is 340 g/mol. The van der Waals surface area contributed by atoms with Crippen LogP contribution < -0.4 is 15.5 Å². The molecule has 1 aliphatic heterocycles. The molecule has 0 spiro atoms. The maximum atomic E-state index is 12.5. The molecule has 0 atom stereocenters. The van der Waals surface area contributed by atoms with Crippen molar-refractivity contribution in [3.8, 4) is 5.69 Å². The first-order valence-corrected chi connectivity index (χ1v) is 8.91. The highest BCUT2D eigenvalue weighted by atomic mass is 16.2. The number of hydrogen-bond donors (Lipinski definition) is 2. The minimum absolute atomic E-state index is 0.0826. The van der Waals surface area contributed by atoms with Crippen LogP contribution in [0.5, 0.6) is 0 Å². The van der Waals surface area contributed by atoms with Crippen LogP contribution in [0.2, 0.25) is 0 Å². The van der Waals surface area contributed by atoms with Crippen molar-refractivity contribution in [2.45, 2.75) is 6.42 Å². The minimum Gasteiger partial charge on any atom is -0.338 e. The molecule has 3 aromatic rings. The van der Waals surface area contributed by atoms with E-state index in [4.69, 9.17) is 0 Å². The molecule has 1 aliphatic rings. The maximum Gasteiger partial charge on any atom is 0.321 e. The van der Waals surface area contributed by atoms with Gasteiger partial charge in [0.2, 0.25) is 0 Å². The first-order chi connectivity index (χ1) is 13.2. The number of anilines is 2. The number of nitrogens with one attached hydrogen (secondary N) is 2. The highest BCUT2D eigenvalue weighted by Crippen LogP contribution is 2.20. The van der Waals surface area contributed by atoms with Gasteiger partial charge in [-0.05, 0) is 67.1 Å². The number of hydrogen-bond acceptors (Lipinski definition) is 2. The van der Waals surface area contributed by atoms with Crippen molar-refractivity contribution < 1.29 is 9.59 Å². The second-order valence-corrected chi connectivity index (χ2v) is 6.38. The van der Waals surface area contributed by atoms with E-state index in [1.54, 1.807) is 17.0 Å². The normalized spacial score (nSPS) is 13.9. The Bertz CT molecular complexity index is 931. The van der Waals surface area contributed by atoms with Crippen molar-refractivity contribution in [1.82, 2.24) is 9.88 Å². The number of carbonyl (C=O) groups excluding carboxylic acids is 2. The number of urea groups is 1. The highest BCUT2D eigenvalue weighted by molar-refractivity contribution is 6.04. The standard InChI is InChI=1S/C21H20N4O2/c26-20(16-4-8-18(9-5-16)24-13-1-2-14-24)23-17-6-10-19(11-7-17)25-15-3-12-22-21(25)27/h1-2,4-11,13-14H,3,12,15H2,(H,22,27)(H,23,26). The fourth-order valence-electron chi connectivity index (χ4n) is 3.10. The van der Waals surface area contributed by atoms with Gasteiger partial charge < -0.3 is 15.2 Å². The van der Waals surface area contributed by atoms with Crippen LogP contribution in [-0.4, -0.2) is 29.6 Å². The van der Waals surface area contributed by atoms with Gasteiger partial charge in [0.15, 0.2) is 0 Å². The predicted octanol–water partition coefficient (Wildman–Crippen LogP) is 3.65. The lowest BCUT2D eigenvalue weighted by Gasteiger charge is -2.27. The van der Waals surface area contributed by atoms with Crippen molar-refractivity contribution in [2.24, 2.45) is 0 Å². The van der Waals surface area contributed by atoms with Gasteiger partial charge in [-0.15, -0.1) is 0 Å². The first kappa shape index (κ1) is 16.9. The Morgan fingerprint density at radius 1 is 0.926 bits per heavy atom. The van der Waals surface area contributed by atoms with Gasteiger partial charge in [0.25, 0.3) is 5.91 Å². The van der Waals surface area contributed by atoms with Crippen molar-refractivity contribution in [3.63, 3.8) is 0 Å². The van der Waals surface area contributed by atoms with Crippen LogP contribution in [0.15, 0.2) is 73.1 Å². The van der Waals surface area contributed by atoms with Gasteiger partial charge in [0.05, 0.1) is 0 Å². The summed E-state index contributed by atoms with van der Waals surface area (Å²) in [5.74, 6) is -0.169. The molecular formula is C21H20N4O2. The molecule has 6 nitrogen and oxygen atoms in total. The summed E-state index contributed by atoms with van der Waals surface area (Å²) in [5, 5.41) is 5.72. The van der Waals surface area contributed by atoms with E-state index in [9.17, 15) is 9.59 Å². The van der Waals surface area contributed by atoms with E-state index >= 15 is 0 Å². The minimum atomic E-state index is -0.169. The molecule has 0 radical (unpaired) electrons. The average molecular weight is 360 g/mol. The largest absolute Gasteiger partial charge is 0.338 e. The number of aromatic nitrogens is 1. The molecule has 27 heavy (non-hydrogen) atoms. The van der Waals surface area contributed by atoms with Gasteiger partial charge in [0.1, 0.15) is 0 Å². The Balaban J connectivity index is 1.42. The molecule has 1 saturated heterocycles.